The van der Waals surface area contributed by atoms with Gasteiger partial charge >= 0.3 is 5.97 Å². The summed E-state index contributed by atoms with van der Waals surface area (Å²) in [5.74, 6) is 0.0248. The zero-order valence-electron chi connectivity index (χ0n) is 18.2. The van der Waals surface area contributed by atoms with Crippen molar-refractivity contribution in [3.63, 3.8) is 0 Å². The molecule has 0 radical (unpaired) electrons. The Hall–Kier alpha value is -2.61. The van der Waals surface area contributed by atoms with Crippen LogP contribution in [0, 0.1) is 0 Å². The number of benzene rings is 2. The second-order valence-corrected chi connectivity index (χ2v) is 9.06. The van der Waals surface area contributed by atoms with Crippen molar-refractivity contribution in [1.82, 2.24) is 15.0 Å². The van der Waals surface area contributed by atoms with E-state index in [1.54, 1.807) is 17.9 Å². The van der Waals surface area contributed by atoms with Gasteiger partial charge in [-0.15, -0.1) is 5.10 Å². The van der Waals surface area contributed by atoms with Gasteiger partial charge in [-0.1, -0.05) is 40.5 Å². The van der Waals surface area contributed by atoms with Gasteiger partial charge in [0.15, 0.2) is 5.69 Å². The average Bonchev–Trinajstić information content (AvgIpc) is 3.20. The summed E-state index contributed by atoms with van der Waals surface area (Å²) in [6.07, 6.45) is 3.70. The van der Waals surface area contributed by atoms with E-state index in [0.29, 0.717) is 28.2 Å². The molecule has 0 unspecified atom stereocenters. The Morgan fingerprint density at radius 1 is 1.09 bits per heavy atom. The minimum atomic E-state index is -1.11. The van der Waals surface area contributed by atoms with Crippen LogP contribution in [0.1, 0.15) is 58.9 Å². The highest BCUT2D eigenvalue weighted by molar-refractivity contribution is 6.34. The van der Waals surface area contributed by atoms with Crippen molar-refractivity contribution in [2.24, 2.45) is 0 Å². The number of hydrogen-bond donors (Lipinski definition) is 1. The van der Waals surface area contributed by atoms with Crippen molar-refractivity contribution >= 4 is 29.2 Å². The first-order chi connectivity index (χ1) is 15.9. The summed E-state index contributed by atoms with van der Waals surface area (Å²) in [6.45, 7) is 0.536. The fraction of sp³-hybridized carbons (Fsp3) is 0.375. The van der Waals surface area contributed by atoms with E-state index in [0.717, 1.165) is 42.6 Å². The summed E-state index contributed by atoms with van der Waals surface area (Å²) < 4.78 is 12.9. The van der Waals surface area contributed by atoms with Crippen LogP contribution < -0.4 is 4.74 Å². The van der Waals surface area contributed by atoms with Crippen LogP contribution in [0.4, 0.5) is 0 Å². The van der Waals surface area contributed by atoms with Gasteiger partial charge in [-0.05, 0) is 73.1 Å². The van der Waals surface area contributed by atoms with Crippen LogP contribution in [-0.2, 0) is 17.9 Å². The molecule has 33 heavy (non-hydrogen) atoms. The number of carbonyl (C=O) groups is 1. The van der Waals surface area contributed by atoms with Crippen molar-refractivity contribution in [3.8, 4) is 5.75 Å². The molecule has 1 N–H and O–H groups in total. The molecule has 1 aromatic heterocycles. The lowest BCUT2D eigenvalue weighted by Crippen LogP contribution is -2.22. The maximum atomic E-state index is 11.7. The number of nitrogens with zero attached hydrogens (tertiary/aromatic N) is 3. The fourth-order valence-corrected chi connectivity index (χ4v) is 4.79. The molecular formula is C24H25Cl2N3O4. The second kappa shape index (κ2) is 10.5. The third kappa shape index (κ3) is 5.85. The molecule has 0 saturated heterocycles. The highest BCUT2D eigenvalue weighted by Gasteiger charge is 2.25. The number of rotatable bonds is 8. The standard InChI is InChI=1S/C24H25Cl2N3O4/c1-32-20-6-2-15(3-7-20)13-29-22(23(24(30)31)27-28-29)14-33-21-8-4-16(5-9-21)17-10-18(25)12-19(26)11-17/h2-3,6-7,10-12,16,21H,4-5,8-9,13-14H2,1H3,(H,30,31). The van der Waals surface area contributed by atoms with Gasteiger partial charge in [0.05, 0.1) is 32.1 Å². The molecule has 0 amide bonds. The molecule has 7 nitrogen and oxygen atoms in total. The number of hydrogen-bond acceptors (Lipinski definition) is 5. The van der Waals surface area contributed by atoms with Crippen molar-refractivity contribution < 1.29 is 19.4 Å². The Balaban J connectivity index is 1.39. The first-order valence-corrected chi connectivity index (χ1v) is 11.5. The molecule has 0 spiro atoms. The van der Waals surface area contributed by atoms with Crippen LogP contribution in [-0.4, -0.2) is 39.3 Å². The molecular weight excluding hydrogens is 465 g/mol. The number of carboxylic acid groups (broad SMARTS) is 1. The molecule has 1 heterocycles. The van der Waals surface area contributed by atoms with E-state index in [1.165, 1.54) is 0 Å². The fourth-order valence-electron chi connectivity index (χ4n) is 4.24. The zero-order valence-corrected chi connectivity index (χ0v) is 19.7. The number of carboxylic acids is 1. The molecule has 1 fully saturated rings. The summed E-state index contributed by atoms with van der Waals surface area (Å²) in [5, 5.41) is 18.8. The quantitative estimate of drug-likeness (QED) is 0.444. The first-order valence-electron chi connectivity index (χ1n) is 10.8. The molecule has 3 aromatic rings. The molecule has 0 bridgehead atoms. The Bertz CT molecular complexity index is 1090. The van der Waals surface area contributed by atoms with Gasteiger partial charge in [-0.25, -0.2) is 9.48 Å². The van der Waals surface area contributed by atoms with Crippen molar-refractivity contribution in [3.05, 3.63) is 75.0 Å². The van der Waals surface area contributed by atoms with E-state index < -0.39 is 5.97 Å². The van der Waals surface area contributed by atoms with Crippen LogP contribution in [0.3, 0.4) is 0 Å². The van der Waals surface area contributed by atoms with Gasteiger partial charge in [0.25, 0.3) is 0 Å². The summed E-state index contributed by atoms with van der Waals surface area (Å²) in [4.78, 5) is 11.7. The molecule has 1 aliphatic carbocycles. The smallest absolute Gasteiger partial charge is 0.358 e. The van der Waals surface area contributed by atoms with Crippen molar-refractivity contribution in [1.29, 1.82) is 0 Å². The van der Waals surface area contributed by atoms with Crippen LogP contribution in [0.25, 0.3) is 0 Å². The summed E-state index contributed by atoms with van der Waals surface area (Å²) in [5.41, 5.74) is 2.49. The monoisotopic (exact) mass is 489 g/mol. The van der Waals surface area contributed by atoms with Crippen LogP contribution in [0.2, 0.25) is 10.0 Å². The Morgan fingerprint density at radius 3 is 2.36 bits per heavy atom. The summed E-state index contributed by atoms with van der Waals surface area (Å²) in [6, 6.07) is 13.2. The second-order valence-electron chi connectivity index (χ2n) is 8.18. The Morgan fingerprint density at radius 2 is 1.76 bits per heavy atom. The maximum absolute atomic E-state index is 11.7. The van der Waals surface area contributed by atoms with E-state index in [4.69, 9.17) is 32.7 Å². The number of ether oxygens (including phenoxy) is 2. The van der Waals surface area contributed by atoms with E-state index in [-0.39, 0.29) is 18.4 Å². The largest absolute Gasteiger partial charge is 0.497 e. The lowest BCUT2D eigenvalue weighted by atomic mass is 9.83. The number of methoxy groups -OCH3 is 1. The molecule has 4 rings (SSSR count). The van der Waals surface area contributed by atoms with E-state index >= 15 is 0 Å². The van der Waals surface area contributed by atoms with E-state index in [9.17, 15) is 9.90 Å². The van der Waals surface area contributed by atoms with Crippen molar-refractivity contribution in [2.45, 2.75) is 50.9 Å². The van der Waals surface area contributed by atoms with Crippen LogP contribution in [0.15, 0.2) is 42.5 Å². The van der Waals surface area contributed by atoms with Crippen molar-refractivity contribution in [2.75, 3.05) is 7.11 Å². The minimum Gasteiger partial charge on any atom is -0.497 e. The zero-order chi connectivity index (χ0) is 23.4. The Labute approximate surface area is 202 Å². The third-order valence-corrected chi connectivity index (χ3v) is 6.45. The molecule has 0 atom stereocenters. The topological polar surface area (TPSA) is 86.5 Å². The maximum Gasteiger partial charge on any atom is 0.358 e. The summed E-state index contributed by atoms with van der Waals surface area (Å²) >= 11 is 12.3. The molecule has 9 heteroatoms. The molecule has 2 aromatic carbocycles. The normalized spacial score (nSPS) is 18.3. The third-order valence-electron chi connectivity index (χ3n) is 6.02. The van der Waals surface area contributed by atoms with E-state index in [1.807, 2.05) is 36.4 Å². The van der Waals surface area contributed by atoms with Gasteiger partial charge in [-0.2, -0.15) is 0 Å². The lowest BCUT2D eigenvalue weighted by molar-refractivity contribution is 0.00958. The number of aromatic carboxylic acids is 1. The minimum absolute atomic E-state index is 0.0434. The molecule has 1 saturated carbocycles. The molecule has 1 aliphatic rings. The molecule has 174 valence electrons. The number of halogens is 2. The van der Waals surface area contributed by atoms with Crippen LogP contribution in [0.5, 0.6) is 5.75 Å². The van der Waals surface area contributed by atoms with Gasteiger partial charge < -0.3 is 14.6 Å². The summed E-state index contributed by atoms with van der Waals surface area (Å²) in [7, 11) is 1.61. The van der Waals surface area contributed by atoms with Gasteiger partial charge in [-0.3, -0.25) is 0 Å². The SMILES string of the molecule is COc1ccc(Cn2nnc(C(=O)O)c2COC2CCC(c3cc(Cl)cc(Cl)c3)CC2)cc1. The van der Waals surface area contributed by atoms with Gasteiger partial charge in [0.1, 0.15) is 5.75 Å². The molecule has 0 aliphatic heterocycles. The van der Waals surface area contributed by atoms with Gasteiger partial charge in [0, 0.05) is 10.0 Å². The predicted octanol–water partition coefficient (Wildman–Crippen LogP) is 5.58. The lowest BCUT2D eigenvalue weighted by Gasteiger charge is -2.29. The Kier molecular flexibility index (Phi) is 7.53. The highest BCUT2D eigenvalue weighted by Crippen LogP contribution is 2.36. The highest BCUT2D eigenvalue weighted by atomic mass is 35.5. The van der Waals surface area contributed by atoms with Gasteiger partial charge in [0.2, 0.25) is 0 Å². The average molecular weight is 490 g/mol. The van der Waals surface area contributed by atoms with E-state index in [2.05, 4.69) is 10.3 Å². The van der Waals surface area contributed by atoms with Crippen LogP contribution >= 0.6 is 23.2 Å². The predicted molar refractivity (Wildman–Crippen MR) is 125 cm³/mol. The first kappa shape index (κ1) is 23.5. The number of aromatic nitrogens is 3.